The van der Waals surface area contributed by atoms with Gasteiger partial charge >= 0.3 is 0 Å². The van der Waals surface area contributed by atoms with Crippen LogP contribution in [0.5, 0.6) is 0 Å². The van der Waals surface area contributed by atoms with E-state index in [2.05, 4.69) is 27.0 Å². The molecule has 0 fully saturated rings. The topological polar surface area (TPSA) is 65.6 Å². The molecule has 0 aliphatic carbocycles. The number of ketones is 1. The second kappa shape index (κ2) is 7.09. The molecule has 6 nitrogen and oxygen atoms in total. The molecule has 0 aliphatic rings. The van der Waals surface area contributed by atoms with Gasteiger partial charge in [-0.3, -0.25) is 4.79 Å². The molecule has 0 saturated carbocycles. The van der Waals surface area contributed by atoms with E-state index in [4.69, 9.17) is 0 Å². The number of hydrogen-bond acceptors (Lipinski definition) is 5. The van der Waals surface area contributed by atoms with Crippen LogP contribution in [-0.4, -0.2) is 36.3 Å². The summed E-state index contributed by atoms with van der Waals surface area (Å²) in [6.45, 7) is 11.2. The number of rotatable bonds is 7. The molecular weight excluding hydrogens is 298 g/mol. The van der Waals surface area contributed by atoms with Gasteiger partial charge in [0.2, 0.25) is 5.16 Å². The zero-order valence-electron chi connectivity index (χ0n) is 13.8. The van der Waals surface area contributed by atoms with E-state index in [1.807, 2.05) is 33.8 Å². The van der Waals surface area contributed by atoms with Gasteiger partial charge in [-0.1, -0.05) is 18.7 Å². The summed E-state index contributed by atoms with van der Waals surface area (Å²) in [5.74, 6) is 0.475. The smallest absolute Gasteiger partial charge is 0.209 e. The molecule has 2 rings (SSSR count). The second-order valence-corrected chi connectivity index (χ2v) is 6.59. The number of thioether (sulfide) groups is 1. The fourth-order valence-corrected chi connectivity index (χ4v) is 3.35. The monoisotopic (exact) mass is 321 g/mol. The molecular formula is C15H23N5OS. The summed E-state index contributed by atoms with van der Waals surface area (Å²) in [6.07, 6.45) is 1.06. The van der Waals surface area contributed by atoms with Gasteiger partial charge in [-0.2, -0.15) is 0 Å². The lowest BCUT2D eigenvalue weighted by molar-refractivity contribution is 0.102. The highest BCUT2D eigenvalue weighted by Gasteiger charge is 2.17. The van der Waals surface area contributed by atoms with Crippen LogP contribution in [0.4, 0.5) is 0 Å². The molecule has 0 aromatic carbocycles. The zero-order chi connectivity index (χ0) is 16.3. The van der Waals surface area contributed by atoms with Gasteiger partial charge in [0, 0.05) is 23.5 Å². The van der Waals surface area contributed by atoms with Crippen LogP contribution in [0, 0.1) is 13.8 Å². The van der Waals surface area contributed by atoms with E-state index >= 15 is 0 Å². The molecule has 0 aliphatic heterocycles. The van der Waals surface area contributed by atoms with E-state index in [9.17, 15) is 4.79 Å². The van der Waals surface area contributed by atoms with Crippen molar-refractivity contribution in [3.63, 3.8) is 0 Å². The third-order valence-corrected chi connectivity index (χ3v) is 4.54. The average Bonchev–Trinajstić information content (AvgIpc) is 3.05. The number of hydrogen-bond donors (Lipinski definition) is 0. The molecule has 0 atom stereocenters. The highest BCUT2D eigenvalue weighted by Crippen LogP contribution is 2.22. The third-order valence-electron chi connectivity index (χ3n) is 3.61. The van der Waals surface area contributed by atoms with E-state index in [0.717, 1.165) is 29.9 Å². The second-order valence-electron chi connectivity index (χ2n) is 5.65. The van der Waals surface area contributed by atoms with Crippen LogP contribution in [0.15, 0.2) is 11.2 Å². The maximum Gasteiger partial charge on any atom is 0.209 e. The highest BCUT2D eigenvalue weighted by atomic mass is 32.2. The van der Waals surface area contributed by atoms with E-state index < -0.39 is 0 Å². The molecule has 2 aromatic heterocycles. The van der Waals surface area contributed by atoms with Crippen LogP contribution in [0.1, 0.15) is 55.0 Å². The van der Waals surface area contributed by atoms with E-state index in [0.29, 0.717) is 10.9 Å². The zero-order valence-corrected chi connectivity index (χ0v) is 14.6. The molecule has 22 heavy (non-hydrogen) atoms. The molecule has 0 N–H and O–H groups in total. The summed E-state index contributed by atoms with van der Waals surface area (Å²) in [5, 5.41) is 12.3. The van der Waals surface area contributed by atoms with Gasteiger partial charge in [-0.25, -0.2) is 4.68 Å². The lowest BCUT2D eigenvalue weighted by atomic mass is 10.2. The lowest BCUT2D eigenvalue weighted by Gasteiger charge is -2.08. The van der Waals surface area contributed by atoms with Gasteiger partial charge in [0.05, 0.1) is 11.8 Å². The molecule has 0 spiro atoms. The molecule has 7 heteroatoms. The predicted molar refractivity (Wildman–Crippen MR) is 87.5 cm³/mol. The van der Waals surface area contributed by atoms with Crippen molar-refractivity contribution in [3.05, 3.63) is 23.0 Å². The van der Waals surface area contributed by atoms with Gasteiger partial charge in [0.15, 0.2) is 5.78 Å². The Labute approximate surface area is 135 Å². The first-order valence-electron chi connectivity index (χ1n) is 7.56. The van der Waals surface area contributed by atoms with Crippen molar-refractivity contribution in [1.82, 2.24) is 24.8 Å². The van der Waals surface area contributed by atoms with E-state index in [1.54, 1.807) is 4.68 Å². The number of nitrogens with zero attached hydrogens (tertiary/aromatic N) is 5. The Morgan fingerprint density at radius 3 is 2.73 bits per heavy atom. The van der Waals surface area contributed by atoms with Crippen LogP contribution in [0.2, 0.25) is 0 Å². The van der Waals surface area contributed by atoms with Crippen molar-refractivity contribution < 1.29 is 4.79 Å². The van der Waals surface area contributed by atoms with E-state index in [-0.39, 0.29) is 11.8 Å². The minimum absolute atomic E-state index is 0.124. The van der Waals surface area contributed by atoms with Gasteiger partial charge in [-0.05, 0) is 50.6 Å². The minimum Gasteiger partial charge on any atom is -0.348 e. The number of tetrazole rings is 1. The molecule has 0 amide bonds. The number of carbonyl (C=O) groups excluding carboxylic acids is 1. The van der Waals surface area contributed by atoms with Gasteiger partial charge in [0.25, 0.3) is 0 Å². The average molecular weight is 321 g/mol. The first kappa shape index (κ1) is 16.7. The Morgan fingerprint density at radius 2 is 2.09 bits per heavy atom. The number of aromatic nitrogens is 5. The van der Waals surface area contributed by atoms with Crippen molar-refractivity contribution in [1.29, 1.82) is 0 Å². The fourth-order valence-electron chi connectivity index (χ4n) is 2.46. The maximum atomic E-state index is 12.5. The highest BCUT2D eigenvalue weighted by molar-refractivity contribution is 7.99. The number of carbonyl (C=O) groups is 1. The Morgan fingerprint density at radius 1 is 1.36 bits per heavy atom. The standard InChI is InChI=1S/C15H23N5OS/c1-6-7-19-11(4)8-13(12(19)5)14(21)9-22-15-16-17-18-20(15)10(2)3/h8,10H,6-7,9H2,1-5H3. The Bertz CT molecular complexity index is 659. The van der Waals surface area contributed by atoms with Crippen LogP contribution in [-0.2, 0) is 6.54 Å². The normalized spacial score (nSPS) is 11.4. The SMILES string of the molecule is CCCn1c(C)cc(C(=O)CSc2nnnn2C(C)C)c1C. The van der Waals surface area contributed by atoms with Crippen LogP contribution in [0.25, 0.3) is 0 Å². The van der Waals surface area contributed by atoms with Crippen molar-refractivity contribution in [2.24, 2.45) is 0 Å². The van der Waals surface area contributed by atoms with Crippen molar-refractivity contribution in [3.8, 4) is 0 Å². The van der Waals surface area contributed by atoms with Crippen LogP contribution >= 0.6 is 11.8 Å². The summed E-state index contributed by atoms with van der Waals surface area (Å²) in [4.78, 5) is 12.5. The summed E-state index contributed by atoms with van der Waals surface area (Å²) >= 11 is 1.39. The fraction of sp³-hybridized carbons (Fsp3) is 0.600. The number of Topliss-reactive ketones (excluding diaryl/α,β-unsaturated/α-hetero) is 1. The summed E-state index contributed by atoms with van der Waals surface area (Å²) in [6, 6.07) is 2.17. The molecule has 2 heterocycles. The number of aryl methyl sites for hydroxylation is 1. The van der Waals surface area contributed by atoms with E-state index in [1.165, 1.54) is 11.8 Å². The van der Waals surface area contributed by atoms with Crippen LogP contribution in [0.3, 0.4) is 0 Å². The first-order valence-corrected chi connectivity index (χ1v) is 8.54. The van der Waals surface area contributed by atoms with Gasteiger partial charge in [-0.15, -0.1) is 5.10 Å². The molecule has 0 unspecified atom stereocenters. The van der Waals surface area contributed by atoms with Crippen molar-refractivity contribution in [2.45, 2.75) is 58.8 Å². The quantitative estimate of drug-likeness (QED) is 0.579. The third kappa shape index (κ3) is 3.40. The minimum atomic E-state index is 0.124. The summed E-state index contributed by atoms with van der Waals surface area (Å²) < 4.78 is 3.94. The molecule has 2 aromatic rings. The molecule has 0 bridgehead atoms. The molecule has 120 valence electrons. The van der Waals surface area contributed by atoms with Gasteiger partial charge < -0.3 is 4.57 Å². The summed E-state index contributed by atoms with van der Waals surface area (Å²) in [7, 11) is 0. The lowest BCUT2D eigenvalue weighted by Crippen LogP contribution is -2.09. The van der Waals surface area contributed by atoms with Gasteiger partial charge in [0.1, 0.15) is 0 Å². The Balaban J connectivity index is 2.10. The predicted octanol–water partition coefficient (Wildman–Crippen LogP) is 3.06. The van der Waals surface area contributed by atoms with Crippen molar-refractivity contribution in [2.75, 3.05) is 5.75 Å². The Hall–Kier alpha value is -1.63. The Kier molecular flexibility index (Phi) is 5.39. The largest absolute Gasteiger partial charge is 0.348 e. The van der Waals surface area contributed by atoms with Crippen molar-refractivity contribution >= 4 is 17.5 Å². The molecule has 0 radical (unpaired) electrons. The first-order chi connectivity index (χ1) is 10.5. The molecule has 0 saturated heterocycles. The maximum absolute atomic E-state index is 12.5. The summed E-state index contributed by atoms with van der Waals surface area (Å²) in [5.41, 5.74) is 3.00. The van der Waals surface area contributed by atoms with Crippen LogP contribution < -0.4 is 0 Å².